The molecule has 0 saturated carbocycles. The number of nitrogens with zero attached hydrogens (tertiary/aromatic N) is 1. The van der Waals surface area contributed by atoms with Crippen LogP contribution in [0, 0.1) is 0 Å². The lowest BCUT2D eigenvalue weighted by atomic mass is 9.92. The van der Waals surface area contributed by atoms with Crippen molar-refractivity contribution in [2.24, 2.45) is 0 Å². The molecule has 2 heterocycles. The first-order chi connectivity index (χ1) is 12.3. The van der Waals surface area contributed by atoms with E-state index in [9.17, 15) is 4.79 Å². The van der Waals surface area contributed by atoms with Crippen molar-refractivity contribution >= 4 is 5.91 Å². The molecule has 4 nitrogen and oxygen atoms in total. The van der Waals surface area contributed by atoms with E-state index >= 15 is 0 Å². The van der Waals surface area contributed by atoms with Crippen molar-refractivity contribution < 1.29 is 9.21 Å². The molecule has 0 radical (unpaired) electrons. The summed E-state index contributed by atoms with van der Waals surface area (Å²) in [4.78, 5) is 15.2. The van der Waals surface area contributed by atoms with Crippen LogP contribution in [0.2, 0.25) is 0 Å². The summed E-state index contributed by atoms with van der Waals surface area (Å²) in [6, 6.07) is 14.2. The molecule has 1 amide bonds. The lowest BCUT2D eigenvalue weighted by Gasteiger charge is -2.33. The van der Waals surface area contributed by atoms with E-state index in [1.807, 2.05) is 35.2 Å². The van der Waals surface area contributed by atoms with E-state index in [4.69, 9.17) is 4.42 Å². The summed E-state index contributed by atoms with van der Waals surface area (Å²) in [7, 11) is 0. The van der Waals surface area contributed by atoms with Crippen molar-refractivity contribution in [1.82, 2.24) is 10.2 Å². The van der Waals surface area contributed by atoms with Gasteiger partial charge in [-0.2, -0.15) is 0 Å². The van der Waals surface area contributed by atoms with Crippen LogP contribution in [0.25, 0.3) is 0 Å². The van der Waals surface area contributed by atoms with Gasteiger partial charge in [0, 0.05) is 5.57 Å². The third-order valence-corrected chi connectivity index (χ3v) is 5.36. The van der Waals surface area contributed by atoms with Gasteiger partial charge in [-0.15, -0.1) is 0 Å². The summed E-state index contributed by atoms with van der Waals surface area (Å²) in [6.45, 7) is 2.74. The number of carbonyl (C=O) groups excluding carboxylic acids is 1. The Kier molecular flexibility index (Phi) is 4.45. The van der Waals surface area contributed by atoms with Gasteiger partial charge in [0.1, 0.15) is 11.9 Å². The highest BCUT2D eigenvalue weighted by Gasteiger charge is 2.41. The molecular weight excluding hydrogens is 312 g/mol. The van der Waals surface area contributed by atoms with Crippen molar-refractivity contribution in [3.8, 4) is 0 Å². The van der Waals surface area contributed by atoms with Crippen LogP contribution < -0.4 is 5.32 Å². The standard InChI is InChI=1S/C21H24N2O2/c1-15(16-8-3-2-4-9-16)23-20(22-14-17-10-7-13-25-17)18-11-5-6-12-19(18)21(23)24/h2-4,7-10,13,15,20,22H,5-6,11-12,14H2,1H3. The summed E-state index contributed by atoms with van der Waals surface area (Å²) in [5, 5.41) is 3.57. The molecule has 2 aromatic rings. The predicted octanol–water partition coefficient (Wildman–Crippen LogP) is 4.17. The molecule has 130 valence electrons. The molecule has 0 spiro atoms. The van der Waals surface area contributed by atoms with Gasteiger partial charge in [-0.05, 0) is 55.9 Å². The maximum absolute atomic E-state index is 13.1. The predicted molar refractivity (Wildman–Crippen MR) is 96.5 cm³/mol. The smallest absolute Gasteiger partial charge is 0.251 e. The highest BCUT2D eigenvalue weighted by molar-refractivity contribution is 5.98. The minimum Gasteiger partial charge on any atom is -0.468 e. The highest BCUT2D eigenvalue weighted by atomic mass is 16.3. The number of nitrogens with one attached hydrogen (secondary N) is 1. The zero-order chi connectivity index (χ0) is 17.2. The van der Waals surface area contributed by atoms with E-state index < -0.39 is 0 Å². The van der Waals surface area contributed by atoms with E-state index in [0.29, 0.717) is 6.54 Å². The highest BCUT2D eigenvalue weighted by Crippen LogP contribution is 2.39. The molecule has 0 bridgehead atoms. The minimum absolute atomic E-state index is 0.0356. The molecule has 2 atom stereocenters. The second kappa shape index (κ2) is 6.89. The number of hydrogen-bond acceptors (Lipinski definition) is 3. The van der Waals surface area contributed by atoms with Gasteiger partial charge in [0.05, 0.1) is 18.8 Å². The van der Waals surface area contributed by atoms with Gasteiger partial charge in [0.25, 0.3) is 5.91 Å². The van der Waals surface area contributed by atoms with Gasteiger partial charge in [-0.25, -0.2) is 0 Å². The summed E-state index contributed by atoms with van der Waals surface area (Å²) < 4.78 is 5.45. The fourth-order valence-electron chi connectivity index (χ4n) is 4.04. The lowest BCUT2D eigenvalue weighted by Crippen LogP contribution is -2.46. The van der Waals surface area contributed by atoms with Crippen LogP contribution in [0.3, 0.4) is 0 Å². The van der Waals surface area contributed by atoms with Crippen LogP contribution >= 0.6 is 0 Å². The van der Waals surface area contributed by atoms with E-state index in [1.165, 1.54) is 17.6 Å². The molecule has 2 unspecified atom stereocenters. The number of amides is 1. The zero-order valence-corrected chi connectivity index (χ0v) is 14.6. The molecule has 1 N–H and O–H groups in total. The Hall–Kier alpha value is -2.33. The van der Waals surface area contributed by atoms with Gasteiger partial charge in [-0.1, -0.05) is 30.3 Å². The number of rotatable bonds is 5. The second-order valence-electron chi connectivity index (χ2n) is 6.87. The Bertz CT molecular complexity index is 764. The van der Waals surface area contributed by atoms with Gasteiger partial charge in [0.15, 0.2) is 0 Å². The molecule has 0 saturated heterocycles. The molecule has 4 rings (SSSR count). The molecule has 4 heteroatoms. The van der Waals surface area contributed by atoms with Crippen molar-refractivity contribution in [2.45, 2.75) is 51.4 Å². The number of hydrogen-bond donors (Lipinski definition) is 1. The van der Waals surface area contributed by atoms with Crippen LogP contribution in [0.5, 0.6) is 0 Å². The topological polar surface area (TPSA) is 45.5 Å². The number of carbonyl (C=O) groups is 1. The molecule has 0 fully saturated rings. The Labute approximate surface area is 148 Å². The Balaban J connectivity index is 1.62. The van der Waals surface area contributed by atoms with Gasteiger partial charge in [-0.3, -0.25) is 10.1 Å². The van der Waals surface area contributed by atoms with Crippen molar-refractivity contribution in [3.63, 3.8) is 0 Å². The fraction of sp³-hybridized carbons (Fsp3) is 0.381. The maximum Gasteiger partial charge on any atom is 0.251 e. The van der Waals surface area contributed by atoms with Crippen LogP contribution in [0.4, 0.5) is 0 Å². The Morgan fingerprint density at radius 3 is 2.72 bits per heavy atom. The van der Waals surface area contributed by atoms with Crippen LogP contribution in [0.15, 0.2) is 64.3 Å². The minimum atomic E-state index is -0.0388. The molecule has 1 aromatic heterocycles. The van der Waals surface area contributed by atoms with Crippen LogP contribution in [-0.2, 0) is 11.3 Å². The summed E-state index contributed by atoms with van der Waals surface area (Å²) in [5.74, 6) is 1.09. The Morgan fingerprint density at radius 2 is 1.96 bits per heavy atom. The molecule has 25 heavy (non-hydrogen) atoms. The third kappa shape index (κ3) is 3.02. The second-order valence-corrected chi connectivity index (χ2v) is 6.87. The van der Waals surface area contributed by atoms with Crippen molar-refractivity contribution in [1.29, 1.82) is 0 Å². The lowest BCUT2D eigenvalue weighted by molar-refractivity contribution is -0.130. The van der Waals surface area contributed by atoms with Crippen molar-refractivity contribution in [3.05, 3.63) is 71.2 Å². The molecule has 1 aliphatic heterocycles. The third-order valence-electron chi connectivity index (χ3n) is 5.36. The molecule has 2 aliphatic rings. The first kappa shape index (κ1) is 16.2. The van der Waals surface area contributed by atoms with Gasteiger partial charge < -0.3 is 9.32 Å². The van der Waals surface area contributed by atoms with Crippen LogP contribution in [0.1, 0.15) is 50.0 Å². The monoisotopic (exact) mass is 336 g/mol. The van der Waals surface area contributed by atoms with Crippen molar-refractivity contribution in [2.75, 3.05) is 0 Å². The summed E-state index contributed by atoms with van der Waals surface area (Å²) in [5.41, 5.74) is 3.48. The fourth-order valence-corrected chi connectivity index (χ4v) is 4.04. The van der Waals surface area contributed by atoms with E-state index in [2.05, 4.69) is 24.4 Å². The number of furan rings is 1. The van der Waals surface area contributed by atoms with E-state index in [1.54, 1.807) is 6.26 Å². The van der Waals surface area contributed by atoms with Crippen LogP contribution in [-0.4, -0.2) is 17.0 Å². The summed E-state index contributed by atoms with van der Waals surface area (Å²) >= 11 is 0. The normalized spacial score (nSPS) is 21.6. The molecule has 1 aromatic carbocycles. The average molecular weight is 336 g/mol. The quantitative estimate of drug-likeness (QED) is 0.891. The first-order valence-electron chi connectivity index (χ1n) is 9.11. The van der Waals surface area contributed by atoms with E-state index in [0.717, 1.165) is 30.6 Å². The van der Waals surface area contributed by atoms with Gasteiger partial charge in [0.2, 0.25) is 0 Å². The zero-order valence-electron chi connectivity index (χ0n) is 14.6. The Morgan fingerprint density at radius 1 is 1.16 bits per heavy atom. The largest absolute Gasteiger partial charge is 0.468 e. The average Bonchev–Trinajstić information content (AvgIpc) is 3.27. The van der Waals surface area contributed by atoms with E-state index in [-0.39, 0.29) is 18.1 Å². The van der Waals surface area contributed by atoms with Gasteiger partial charge >= 0.3 is 0 Å². The number of benzene rings is 1. The molecular formula is C21H24N2O2. The first-order valence-corrected chi connectivity index (χ1v) is 9.11. The maximum atomic E-state index is 13.1. The molecule has 1 aliphatic carbocycles. The summed E-state index contributed by atoms with van der Waals surface area (Å²) in [6.07, 6.45) is 5.84. The SMILES string of the molecule is CC(c1ccccc1)N1C(=O)C2=C(CCCC2)C1NCc1ccco1.